The monoisotopic (exact) mass is 207 g/mol. The van der Waals surface area contributed by atoms with Gasteiger partial charge in [0, 0.05) is 4.91 Å². The van der Waals surface area contributed by atoms with Crippen LogP contribution in [0.25, 0.3) is 10.4 Å². The largest absolute Gasteiger partial charge is 0.316 e. The molecule has 0 fully saturated rings. The molecule has 0 aromatic carbocycles. The van der Waals surface area contributed by atoms with E-state index >= 15 is 0 Å². The van der Waals surface area contributed by atoms with Crippen LogP contribution in [0.2, 0.25) is 0 Å². The fraction of sp³-hybridized carbons (Fsp3) is 0.143. The maximum atomic E-state index is 11.1. The lowest BCUT2D eigenvalue weighted by Gasteiger charge is -1.98. The Bertz CT molecular complexity index is 426. The molecule has 1 aromatic rings. The maximum absolute atomic E-state index is 11.1. The highest BCUT2D eigenvalue weighted by molar-refractivity contribution is 7.14. The Kier molecular flexibility index (Phi) is 3.49. The molecule has 6 nitrogen and oxygen atoms in total. The van der Waals surface area contributed by atoms with Crippen LogP contribution in [0.3, 0.4) is 0 Å². The predicted octanol–water partition coefficient (Wildman–Crippen LogP) is 1.87. The zero-order valence-corrected chi connectivity index (χ0v) is 7.78. The van der Waals surface area contributed by atoms with Crippen LogP contribution < -0.4 is 5.32 Å². The molecule has 0 unspecified atom stereocenters. The predicted molar refractivity (Wildman–Crippen MR) is 51.7 cm³/mol. The van der Waals surface area contributed by atoms with Crippen molar-refractivity contribution in [1.29, 1.82) is 5.26 Å². The zero-order chi connectivity index (χ0) is 10.4. The molecule has 1 rings (SSSR count). The van der Waals surface area contributed by atoms with E-state index in [0.29, 0.717) is 10.6 Å². The number of nitriles is 1. The number of carbonyl (C=O) groups is 1. The van der Waals surface area contributed by atoms with Gasteiger partial charge in [0.2, 0.25) is 5.91 Å². The van der Waals surface area contributed by atoms with Crippen molar-refractivity contribution in [2.75, 3.05) is 11.9 Å². The van der Waals surface area contributed by atoms with Gasteiger partial charge in [-0.3, -0.25) is 4.79 Å². The first-order valence-corrected chi connectivity index (χ1v) is 4.44. The van der Waals surface area contributed by atoms with Crippen LogP contribution in [-0.4, -0.2) is 12.5 Å². The van der Waals surface area contributed by atoms with E-state index in [-0.39, 0.29) is 6.54 Å². The number of hydrogen-bond acceptors (Lipinski definition) is 4. The summed E-state index contributed by atoms with van der Waals surface area (Å²) in [7, 11) is 0. The Labute approximate surface area is 83.4 Å². The molecule has 1 amide bonds. The van der Waals surface area contributed by atoms with Crippen molar-refractivity contribution in [2.24, 2.45) is 5.11 Å². The Morgan fingerprint density at radius 2 is 2.64 bits per heavy atom. The number of amides is 1. The second kappa shape index (κ2) is 4.87. The van der Waals surface area contributed by atoms with Crippen LogP contribution >= 0.6 is 11.3 Å². The Morgan fingerprint density at radius 1 is 1.86 bits per heavy atom. The SMILES string of the molecule is N#Cc1ccsc1NC(=O)CN=[N+]=[N-]. The van der Waals surface area contributed by atoms with Gasteiger partial charge in [0.1, 0.15) is 17.6 Å². The smallest absolute Gasteiger partial charge is 0.230 e. The van der Waals surface area contributed by atoms with Crippen molar-refractivity contribution in [3.8, 4) is 6.07 Å². The molecule has 0 aliphatic carbocycles. The average molecular weight is 207 g/mol. The van der Waals surface area contributed by atoms with E-state index in [1.807, 2.05) is 6.07 Å². The summed E-state index contributed by atoms with van der Waals surface area (Å²) in [6.07, 6.45) is 0. The Balaban J connectivity index is 2.65. The molecular weight excluding hydrogens is 202 g/mol. The number of rotatable bonds is 3. The van der Waals surface area contributed by atoms with Crippen LogP contribution in [0.1, 0.15) is 5.56 Å². The first-order chi connectivity index (χ1) is 6.77. The highest BCUT2D eigenvalue weighted by Crippen LogP contribution is 2.21. The lowest BCUT2D eigenvalue weighted by Crippen LogP contribution is -2.13. The molecule has 70 valence electrons. The van der Waals surface area contributed by atoms with E-state index in [2.05, 4.69) is 15.3 Å². The van der Waals surface area contributed by atoms with Gasteiger partial charge in [-0.2, -0.15) is 5.26 Å². The van der Waals surface area contributed by atoms with Crippen LogP contribution in [0.15, 0.2) is 16.6 Å². The fourth-order valence-corrected chi connectivity index (χ4v) is 1.51. The van der Waals surface area contributed by atoms with E-state index in [1.165, 1.54) is 11.3 Å². The minimum Gasteiger partial charge on any atom is -0.316 e. The number of thiophene rings is 1. The molecule has 0 spiro atoms. The van der Waals surface area contributed by atoms with E-state index in [1.54, 1.807) is 11.4 Å². The van der Waals surface area contributed by atoms with Crippen LogP contribution in [0.4, 0.5) is 5.00 Å². The summed E-state index contributed by atoms with van der Waals surface area (Å²) in [5.41, 5.74) is 8.38. The molecule has 1 heterocycles. The summed E-state index contributed by atoms with van der Waals surface area (Å²) in [6, 6.07) is 3.53. The van der Waals surface area contributed by atoms with E-state index < -0.39 is 5.91 Å². The molecule has 0 atom stereocenters. The molecule has 0 saturated heterocycles. The first-order valence-electron chi connectivity index (χ1n) is 3.56. The first kappa shape index (κ1) is 10.1. The highest BCUT2D eigenvalue weighted by Gasteiger charge is 2.06. The summed E-state index contributed by atoms with van der Waals surface area (Å²) in [5, 5.41) is 16.4. The molecule has 14 heavy (non-hydrogen) atoms. The second-order valence-corrected chi connectivity index (χ2v) is 3.13. The third-order valence-corrected chi connectivity index (χ3v) is 2.15. The van der Waals surface area contributed by atoms with Gasteiger partial charge in [-0.1, -0.05) is 5.11 Å². The van der Waals surface area contributed by atoms with Crippen LogP contribution in [0, 0.1) is 11.3 Å². The normalized spacial score (nSPS) is 8.50. The number of azide groups is 1. The minimum atomic E-state index is -0.429. The van der Waals surface area contributed by atoms with E-state index in [9.17, 15) is 4.79 Å². The van der Waals surface area contributed by atoms with Crippen molar-refractivity contribution in [3.05, 3.63) is 27.5 Å². The van der Waals surface area contributed by atoms with Gasteiger partial charge < -0.3 is 5.32 Å². The van der Waals surface area contributed by atoms with Crippen molar-refractivity contribution >= 4 is 22.2 Å². The maximum Gasteiger partial charge on any atom is 0.230 e. The number of carbonyl (C=O) groups excluding carboxylic acids is 1. The summed E-state index contributed by atoms with van der Waals surface area (Å²) >= 11 is 1.25. The van der Waals surface area contributed by atoms with Gasteiger partial charge in [-0.05, 0) is 17.0 Å². The quantitative estimate of drug-likeness (QED) is 0.464. The summed E-state index contributed by atoms with van der Waals surface area (Å²) in [6.45, 7) is -0.265. The average Bonchev–Trinajstić information content (AvgIpc) is 2.62. The number of nitrogens with one attached hydrogen (secondary N) is 1. The van der Waals surface area contributed by atoms with Crippen molar-refractivity contribution in [3.63, 3.8) is 0 Å². The van der Waals surface area contributed by atoms with E-state index in [0.717, 1.165) is 0 Å². The molecular formula is C7H5N5OS. The van der Waals surface area contributed by atoms with Gasteiger partial charge in [0.25, 0.3) is 0 Å². The van der Waals surface area contributed by atoms with E-state index in [4.69, 9.17) is 10.8 Å². The van der Waals surface area contributed by atoms with Crippen LogP contribution in [-0.2, 0) is 4.79 Å². The zero-order valence-electron chi connectivity index (χ0n) is 6.97. The van der Waals surface area contributed by atoms with Crippen molar-refractivity contribution < 1.29 is 4.79 Å². The molecule has 0 radical (unpaired) electrons. The minimum absolute atomic E-state index is 0.265. The fourth-order valence-electron chi connectivity index (χ4n) is 0.756. The number of anilines is 1. The summed E-state index contributed by atoms with van der Waals surface area (Å²) < 4.78 is 0. The summed E-state index contributed by atoms with van der Waals surface area (Å²) in [4.78, 5) is 13.5. The van der Waals surface area contributed by atoms with Gasteiger partial charge in [-0.15, -0.1) is 11.3 Å². The van der Waals surface area contributed by atoms with Gasteiger partial charge >= 0.3 is 0 Å². The third kappa shape index (κ3) is 2.48. The molecule has 0 aliphatic rings. The molecule has 1 N–H and O–H groups in total. The Morgan fingerprint density at radius 3 is 3.29 bits per heavy atom. The van der Waals surface area contributed by atoms with Gasteiger partial charge in [-0.25, -0.2) is 0 Å². The molecule has 0 saturated carbocycles. The lowest BCUT2D eigenvalue weighted by molar-refractivity contribution is -0.114. The molecule has 1 aromatic heterocycles. The summed E-state index contributed by atoms with van der Waals surface area (Å²) in [5.74, 6) is -0.429. The third-order valence-electron chi connectivity index (χ3n) is 1.32. The Hall–Kier alpha value is -2.03. The lowest BCUT2D eigenvalue weighted by atomic mass is 10.3. The standard InChI is InChI=1S/C7H5N5OS/c8-3-5-1-2-14-7(5)11-6(13)4-10-12-9/h1-2H,4H2,(H,11,13). The number of nitrogens with zero attached hydrogens (tertiary/aromatic N) is 4. The van der Waals surface area contributed by atoms with Crippen LogP contribution in [0.5, 0.6) is 0 Å². The molecule has 7 heteroatoms. The van der Waals surface area contributed by atoms with Crippen molar-refractivity contribution in [2.45, 2.75) is 0 Å². The topological polar surface area (TPSA) is 102 Å². The molecule has 0 aliphatic heterocycles. The van der Waals surface area contributed by atoms with Gasteiger partial charge in [0.15, 0.2) is 0 Å². The molecule has 0 bridgehead atoms. The number of hydrogen-bond donors (Lipinski definition) is 1. The van der Waals surface area contributed by atoms with Gasteiger partial charge in [0.05, 0.1) is 5.56 Å². The second-order valence-electron chi connectivity index (χ2n) is 2.21. The highest BCUT2D eigenvalue weighted by atomic mass is 32.1. The van der Waals surface area contributed by atoms with Crippen molar-refractivity contribution in [1.82, 2.24) is 0 Å².